The molecular formula is C23H29F2N3O4S. The molecule has 7 nitrogen and oxygen atoms in total. The highest BCUT2D eigenvalue weighted by molar-refractivity contribution is 7.92. The first-order chi connectivity index (χ1) is 15.6. The first-order valence-electron chi connectivity index (χ1n) is 10.6. The second-order valence-electron chi connectivity index (χ2n) is 7.57. The summed E-state index contributed by atoms with van der Waals surface area (Å²) < 4.78 is 53.7. The Hall–Kier alpha value is -3.01. The predicted octanol–water partition coefficient (Wildman–Crippen LogP) is 3.06. The molecule has 2 rings (SSSR count). The topological polar surface area (TPSA) is 86.8 Å². The Morgan fingerprint density at radius 2 is 1.64 bits per heavy atom. The summed E-state index contributed by atoms with van der Waals surface area (Å²) in [7, 11) is -3.80. The van der Waals surface area contributed by atoms with E-state index in [0.717, 1.165) is 16.6 Å². The van der Waals surface area contributed by atoms with Gasteiger partial charge in [-0.2, -0.15) is 0 Å². The first kappa shape index (κ1) is 26.2. The van der Waals surface area contributed by atoms with Crippen molar-refractivity contribution in [1.82, 2.24) is 10.2 Å². The number of carbonyl (C=O) groups is 2. The van der Waals surface area contributed by atoms with Crippen LogP contribution >= 0.6 is 0 Å². The Bertz CT molecular complexity index is 1080. The van der Waals surface area contributed by atoms with Crippen molar-refractivity contribution in [1.29, 1.82) is 0 Å². The standard InChI is InChI=1S/C23H29F2N3O4S/c1-4-26-23(30)17(2)27(16-18-10-5-6-11-19(18)24)22(29)14-9-15-28(33(3,31)32)21-13-8-7-12-20(21)25/h5-8,10-13,17H,4,9,14-16H2,1-3H3,(H,26,30)/t17-/m1/s1. The number of halogens is 2. The van der Waals surface area contributed by atoms with Crippen LogP contribution in [0.15, 0.2) is 48.5 Å². The molecule has 0 heterocycles. The van der Waals surface area contributed by atoms with Gasteiger partial charge in [0.1, 0.15) is 17.7 Å². The molecule has 0 aromatic heterocycles. The van der Waals surface area contributed by atoms with Crippen molar-refractivity contribution >= 4 is 27.5 Å². The molecule has 0 saturated heterocycles. The van der Waals surface area contributed by atoms with Crippen LogP contribution in [0.3, 0.4) is 0 Å². The molecule has 33 heavy (non-hydrogen) atoms. The van der Waals surface area contributed by atoms with Crippen molar-refractivity contribution in [2.75, 3.05) is 23.7 Å². The third kappa shape index (κ3) is 7.24. The van der Waals surface area contributed by atoms with E-state index >= 15 is 0 Å². The number of nitrogens with zero attached hydrogens (tertiary/aromatic N) is 2. The van der Waals surface area contributed by atoms with Crippen molar-refractivity contribution in [3.8, 4) is 0 Å². The van der Waals surface area contributed by atoms with Gasteiger partial charge in [0.2, 0.25) is 21.8 Å². The number of rotatable bonds is 11. The highest BCUT2D eigenvalue weighted by atomic mass is 32.2. The predicted molar refractivity (Wildman–Crippen MR) is 123 cm³/mol. The van der Waals surface area contributed by atoms with Gasteiger partial charge >= 0.3 is 0 Å². The maximum atomic E-state index is 14.2. The number of sulfonamides is 1. The summed E-state index contributed by atoms with van der Waals surface area (Å²) in [6, 6.07) is 10.6. The van der Waals surface area contributed by atoms with E-state index in [-0.39, 0.29) is 43.1 Å². The van der Waals surface area contributed by atoms with E-state index in [2.05, 4.69) is 5.32 Å². The van der Waals surface area contributed by atoms with Gasteiger partial charge < -0.3 is 10.2 Å². The zero-order chi connectivity index (χ0) is 24.6. The van der Waals surface area contributed by atoms with Gasteiger partial charge in [0.05, 0.1) is 11.9 Å². The quantitative estimate of drug-likeness (QED) is 0.535. The van der Waals surface area contributed by atoms with Crippen LogP contribution in [0.1, 0.15) is 32.3 Å². The van der Waals surface area contributed by atoms with E-state index in [1.165, 1.54) is 41.3 Å². The highest BCUT2D eigenvalue weighted by Gasteiger charge is 2.27. The Balaban J connectivity index is 2.18. The molecule has 1 N–H and O–H groups in total. The monoisotopic (exact) mass is 481 g/mol. The number of hydrogen-bond donors (Lipinski definition) is 1. The minimum Gasteiger partial charge on any atom is -0.355 e. The van der Waals surface area contributed by atoms with Crippen LogP contribution in [0.2, 0.25) is 0 Å². The maximum Gasteiger partial charge on any atom is 0.242 e. The van der Waals surface area contributed by atoms with Gasteiger partial charge in [-0.05, 0) is 38.5 Å². The Labute approximate surface area is 193 Å². The minimum absolute atomic E-state index is 0.0795. The fraction of sp³-hybridized carbons (Fsp3) is 0.391. The van der Waals surface area contributed by atoms with Gasteiger partial charge in [-0.1, -0.05) is 30.3 Å². The molecule has 2 aromatic carbocycles. The number of hydrogen-bond acceptors (Lipinski definition) is 4. The number of para-hydroxylation sites is 1. The smallest absolute Gasteiger partial charge is 0.242 e. The van der Waals surface area contributed by atoms with Crippen LogP contribution in [0.25, 0.3) is 0 Å². The molecule has 2 amide bonds. The molecule has 0 radical (unpaired) electrons. The van der Waals surface area contributed by atoms with Gasteiger partial charge in [0, 0.05) is 31.6 Å². The van der Waals surface area contributed by atoms with E-state index in [1.807, 2.05) is 0 Å². The SMILES string of the molecule is CCNC(=O)[C@@H](C)N(Cc1ccccc1F)C(=O)CCCN(c1ccccc1F)S(C)(=O)=O. The minimum atomic E-state index is -3.80. The zero-order valence-corrected chi connectivity index (χ0v) is 19.7. The average molecular weight is 482 g/mol. The molecule has 0 spiro atoms. The second kappa shape index (κ2) is 11.7. The van der Waals surface area contributed by atoms with E-state index in [1.54, 1.807) is 19.9 Å². The largest absolute Gasteiger partial charge is 0.355 e. The van der Waals surface area contributed by atoms with Gasteiger partial charge in [-0.3, -0.25) is 13.9 Å². The fourth-order valence-corrected chi connectivity index (χ4v) is 4.32. The Morgan fingerprint density at radius 1 is 1.03 bits per heavy atom. The van der Waals surface area contributed by atoms with Crippen molar-refractivity contribution in [2.45, 2.75) is 39.3 Å². The normalized spacial score (nSPS) is 12.2. The van der Waals surface area contributed by atoms with E-state index in [4.69, 9.17) is 0 Å². The molecule has 10 heteroatoms. The zero-order valence-electron chi connectivity index (χ0n) is 18.9. The number of nitrogens with one attached hydrogen (secondary N) is 1. The molecule has 0 aliphatic heterocycles. The van der Waals surface area contributed by atoms with Crippen molar-refractivity contribution in [3.63, 3.8) is 0 Å². The van der Waals surface area contributed by atoms with Crippen molar-refractivity contribution < 1.29 is 26.8 Å². The molecule has 0 fully saturated rings. The van der Waals surface area contributed by atoms with Crippen LogP contribution < -0.4 is 9.62 Å². The molecular weight excluding hydrogens is 452 g/mol. The van der Waals surface area contributed by atoms with Crippen LogP contribution in [0.4, 0.5) is 14.5 Å². The van der Waals surface area contributed by atoms with Crippen LogP contribution in [0, 0.1) is 11.6 Å². The number of benzene rings is 2. The van der Waals surface area contributed by atoms with E-state index < -0.39 is 33.6 Å². The second-order valence-corrected chi connectivity index (χ2v) is 9.48. The summed E-state index contributed by atoms with van der Waals surface area (Å²) in [4.78, 5) is 26.7. The highest BCUT2D eigenvalue weighted by Crippen LogP contribution is 2.22. The van der Waals surface area contributed by atoms with Gasteiger partial charge in [0.15, 0.2) is 0 Å². The van der Waals surface area contributed by atoms with Gasteiger partial charge in [-0.25, -0.2) is 17.2 Å². The summed E-state index contributed by atoms with van der Waals surface area (Å²) in [5.74, 6) is -2.02. The molecule has 0 saturated carbocycles. The lowest BCUT2D eigenvalue weighted by atomic mass is 10.1. The number of carbonyl (C=O) groups excluding carboxylic acids is 2. The lowest BCUT2D eigenvalue weighted by molar-refractivity contribution is -0.140. The fourth-order valence-electron chi connectivity index (χ4n) is 3.35. The molecule has 0 unspecified atom stereocenters. The van der Waals surface area contributed by atoms with Crippen molar-refractivity contribution in [3.05, 3.63) is 65.7 Å². The van der Waals surface area contributed by atoms with E-state index in [9.17, 15) is 26.8 Å². The van der Waals surface area contributed by atoms with E-state index in [0.29, 0.717) is 6.54 Å². The molecule has 180 valence electrons. The summed E-state index contributed by atoms with van der Waals surface area (Å²) in [6.07, 6.45) is 0.928. The summed E-state index contributed by atoms with van der Waals surface area (Å²) in [5, 5.41) is 2.65. The third-order valence-electron chi connectivity index (χ3n) is 5.09. The van der Waals surface area contributed by atoms with Crippen molar-refractivity contribution in [2.24, 2.45) is 0 Å². The molecule has 2 aromatic rings. The Kier molecular flexibility index (Phi) is 9.33. The molecule has 0 aliphatic carbocycles. The summed E-state index contributed by atoms with van der Waals surface area (Å²) in [5.41, 5.74) is 0.150. The van der Waals surface area contributed by atoms with Crippen LogP contribution in [0.5, 0.6) is 0 Å². The first-order valence-corrected chi connectivity index (χ1v) is 12.4. The Morgan fingerprint density at radius 3 is 2.21 bits per heavy atom. The maximum absolute atomic E-state index is 14.2. The third-order valence-corrected chi connectivity index (χ3v) is 6.27. The van der Waals surface area contributed by atoms with Gasteiger partial charge in [0.25, 0.3) is 0 Å². The number of likely N-dealkylation sites (N-methyl/N-ethyl adjacent to an activating group) is 1. The van der Waals surface area contributed by atoms with Crippen LogP contribution in [-0.2, 0) is 26.2 Å². The number of anilines is 1. The average Bonchev–Trinajstić information content (AvgIpc) is 2.75. The number of amides is 2. The van der Waals surface area contributed by atoms with Gasteiger partial charge in [-0.15, -0.1) is 0 Å². The lowest BCUT2D eigenvalue weighted by Crippen LogP contribution is -2.47. The lowest BCUT2D eigenvalue weighted by Gasteiger charge is -2.29. The van der Waals surface area contributed by atoms with Crippen LogP contribution in [-0.4, -0.2) is 50.5 Å². The molecule has 0 bridgehead atoms. The molecule has 1 atom stereocenters. The molecule has 0 aliphatic rings. The summed E-state index contributed by atoms with van der Waals surface area (Å²) in [6.45, 7) is 3.42. The summed E-state index contributed by atoms with van der Waals surface area (Å²) >= 11 is 0.